The van der Waals surface area contributed by atoms with Crippen LogP contribution in [0, 0.1) is 17.6 Å². The molecule has 2 N–H and O–H groups in total. The molecule has 1 aromatic carbocycles. The molecule has 0 saturated carbocycles. The maximum Gasteiger partial charge on any atom is 0.224 e. The van der Waals surface area contributed by atoms with E-state index in [9.17, 15) is 13.6 Å². The number of anilines is 1. The second kappa shape index (κ2) is 7.40. The number of hydrogen-bond acceptors (Lipinski definition) is 2. The molecular weight excluding hydrogens is 274 g/mol. The number of amides is 1. The smallest absolute Gasteiger partial charge is 0.224 e. The Hall–Kier alpha value is -1.20. The van der Waals surface area contributed by atoms with Crippen LogP contribution in [0.15, 0.2) is 18.2 Å². The minimum absolute atomic E-state index is 0. The molecule has 1 aliphatic heterocycles. The molecule has 0 aromatic heterocycles. The van der Waals surface area contributed by atoms with Crippen molar-refractivity contribution in [2.24, 2.45) is 5.92 Å². The lowest BCUT2D eigenvalue weighted by atomic mass is 10.0. The van der Waals surface area contributed by atoms with Crippen LogP contribution in [0.25, 0.3) is 0 Å². The summed E-state index contributed by atoms with van der Waals surface area (Å²) in [5.74, 6) is -1.10. The van der Waals surface area contributed by atoms with Gasteiger partial charge < -0.3 is 10.6 Å². The fraction of sp³-hybridized carbons (Fsp3) is 0.462. The zero-order valence-electron chi connectivity index (χ0n) is 10.4. The van der Waals surface area contributed by atoms with Gasteiger partial charge in [0.15, 0.2) is 0 Å². The molecule has 1 amide bonds. The van der Waals surface area contributed by atoms with Crippen molar-refractivity contribution in [2.45, 2.75) is 19.3 Å². The van der Waals surface area contributed by atoms with Gasteiger partial charge in [0.05, 0.1) is 5.69 Å². The minimum atomic E-state index is -0.745. The average Bonchev–Trinajstić information content (AvgIpc) is 2.83. The van der Waals surface area contributed by atoms with E-state index in [0.29, 0.717) is 12.3 Å². The summed E-state index contributed by atoms with van der Waals surface area (Å²) in [4.78, 5) is 11.6. The molecular formula is C13H17ClF2N2O. The van der Waals surface area contributed by atoms with Crippen molar-refractivity contribution in [2.75, 3.05) is 18.4 Å². The van der Waals surface area contributed by atoms with E-state index >= 15 is 0 Å². The van der Waals surface area contributed by atoms with Gasteiger partial charge in [-0.1, -0.05) is 0 Å². The van der Waals surface area contributed by atoms with E-state index in [2.05, 4.69) is 10.6 Å². The molecule has 0 radical (unpaired) electrons. The SMILES string of the molecule is Cl.O=C(CCC1CCNC1)Nc1ccc(F)cc1F. The molecule has 1 unspecified atom stereocenters. The summed E-state index contributed by atoms with van der Waals surface area (Å²) in [5.41, 5.74) is 0.0333. The molecule has 6 heteroatoms. The molecule has 1 aliphatic rings. The highest BCUT2D eigenvalue weighted by molar-refractivity contribution is 5.90. The third-order valence-electron chi connectivity index (χ3n) is 3.15. The van der Waals surface area contributed by atoms with E-state index in [4.69, 9.17) is 0 Å². The number of hydrogen-bond donors (Lipinski definition) is 2. The van der Waals surface area contributed by atoms with Crippen molar-refractivity contribution in [3.63, 3.8) is 0 Å². The predicted octanol–water partition coefficient (Wildman–Crippen LogP) is 2.71. The summed E-state index contributed by atoms with van der Waals surface area (Å²) in [6, 6.07) is 3.12. The fourth-order valence-corrected chi connectivity index (χ4v) is 2.10. The van der Waals surface area contributed by atoms with Crippen LogP contribution < -0.4 is 10.6 Å². The molecule has 1 saturated heterocycles. The zero-order valence-corrected chi connectivity index (χ0v) is 11.2. The summed E-state index contributed by atoms with van der Waals surface area (Å²) in [6.07, 6.45) is 2.24. The van der Waals surface area contributed by atoms with Crippen molar-refractivity contribution in [1.82, 2.24) is 5.32 Å². The predicted molar refractivity (Wildman–Crippen MR) is 72.4 cm³/mol. The van der Waals surface area contributed by atoms with Gasteiger partial charge in [0.1, 0.15) is 11.6 Å². The fourth-order valence-electron chi connectivity index (χ4n) is 2.10. The van der Waals surface area contributed by atoms with Gasteiger partial charge in [-0.15, -0.1) is 12.4 Å². The molecule has 1 atom stereocenters. The van der Waals surface area contributed by atoms with Crippen LogP contribution in [0.4, 0.5) is 14.5 Å². The van der Waals surface area contributed by atoms with Gasteiger partial charge in [0, 0.05) is 12.5 Å². The van der Waals surface area contributed by atoms with Gasteiger partial charge in [0.25, 0.3) is 0 Å². The molecule has 1 heterocycles. The second-order valence-corrected chi connectivity index (χ2v) is 4.57. The first-order valence-electron chi connectivity index (χ1n) is 6.11. The Morgan fingerprint density at radius 2 is 2.21 bits per heavy atom. The van der Waals surface area contributed by atoms with E-state index in [1.54, 1.807) is 0 Å². The molecule has 2 rings (SSSR count). The Labute approximate surface area is 117 Å². The third-order valence-corrected chi connectivity index (χ3v) is 3.15. The molecule has 0 aliphatic carbocycles. The molecule has 1 fully saturated rings. The van der Waals surface area contributed by atoms with E-state index in [0.717, 1.165) is 38.1 Å². The van der Waals surface area contributed by atoms with Crippen LogP contribution in [-0.2, 0) is 4.79 Å². The largest absolute Gasteiger partial charge is 0.324 e. The normalized spacial score (nSPS) is 17.9. The Morgan fingerprint density at radius 1 is 1.42 bits per heavy atom. The quantitative estimate of drug-likeness (QED) is 0.895. The molecule has 106 valence electrons. The standard InChI is InChI=1S/C13H16F2N2O.ClH/c14-10-2-3-12(11(15)7-10)17-13(18)4-1-9-5-6-16-8-9;/h2-3,7,9,16H,1,4-6,8H2,(H,17,18);1H. The van der Waals surface area contributed by atoms with Crippen molar-refractivity contribution < 1.29 is 13.6 Å². The van der Waals surface area contributed by atoms with Gasteiger partial charge in [-0.25, -0.2) is 8.78 Å². The Morgan fingerprint density at radius 3 is 2.84 bits per heavy atom. The van der Waals surface area contributed by atoms with Gasteiger partial charge >= 0.3 is 0 Å². The van der Waals surface area contributed by atoms with Crippen LogP contribution in [-0.4, -0.2) is 19.0 Å². The molecule has 0 bridgehead atoms. The maximum absolute atomic E-state index is 13.3. The van der Waals surface area contributed by atoms with Gasteiger partial charge in [-0.05, 0) is 44.0 Å². The highest BCUT2D eigenvalue weighted by Gasteiger charge is 2.16. The van der Waals surface area contributed by atoms with Gasteiger partial charge in [-0.2, -0.15) is 0 Å². The van der Waals surface area contributed by atoms with Crippen LogP contribution >= 0.6 is 12.4 Å². The molecule has 0 spiro atoms. The molecule has 3 nitrogen and oxygen atoms in total. The Balaban J connectivity index is 0.00000180. The number of halogens is 3. The van der Waals surface area contributed by atoms with Crippen LogP contribution in [0.1, 0.15) is 19.3 Å². The first kappa shape index (κ1) is 15.9. The van der Waals surface area contributed by atoms with Crippen molar-refractivity contribution in [3.05, 3.63) is 29.8 Å². The number of nitrogens with one attached hydrogen (secondary N) is 2. The zero-order chi connectivity index (χ0) is 13.0. The minimum Gasteiger partial charge on any atom is -0.324 e. The van der Waals surface area contributed by atoms with E-state index in [1.807, 2.05) is 0 Å². The van der Waals surface area contributed by atoms with Gasteiger partial charge in [-0.3, -0.25) is 4.79 Å². The first-order valence-corrected chi connectivity index (χ1v) is 6.11. The highest BCUT2D eigenvalue weighted by Crippen LogP contribution is 2.17. The summed E-state index contributed by atoms with van der Waals surface area (Å²) in [7, 11) is 0. The van der Waals surface area contributed by atoms with Crippen molar-refractivity contribution >= 4 is 24.0 Å². The highest BCUT2D eigenvalue weighted by atomic mass is 35.5. The number of benzene rings is 1. The van der Waals surface area contributed by atoms with Crippen molar-refractivity contribution in [1.29, 1.82) is 0 Å². The Kier molecular flexibility index (Phi) is 6.18. The third kappa shape index (κ3) is 4.76. The van der Waals surface area contributed by atoms with Crippen LogP contribution in [0.3, 0.4) is 0 Å². The molecule has 19 heavy (non-hydrogen) atoms. The Bertz CT molecular complexity index is 437. The number of rotatable bonds is 4. The van der Waals surface area contributed by atoms with Crippen LogP contribution in [0.5, 0.6) is 0 Å². The monoisotopic (exact) mass is 290 g/mol. The summed E-state index contributed by atoms with van der Waals surface area (Å²) in [6.45, 7) is 1.94. The summed E-state index contributed by atoms with van der Waals surface area (Å²) in [5, 5.41) is 5.69. The number of carbonyl (C=O) groups excluding carboxylic acids is 1. The van der Waals surface area contributed by atoms with E-state index in [-0.39, 0.29) is 24.0 Å². The number of carbonyl (C=O) groups is 1. The molecule has 1 aromatic rings. The lowest BCUT2D eigenvalue weighted by molar-refractivity contribution is -0.116. The van der Waals surface area contributed by atoms with Gasteiger partial charge in [0.2, 0.25) is 5.91 Å². The second-order valence-electron chi connectivity index (χ2n) is 4.57. The van der Waals surface area contributed by atoms with E-state index < -0.39 is 11.6 Å². The topological polar surface area (TPSA) is 41.1 Å². The lowest BCUT2D eigenvalue weighted by Gasteiger charge is -2.09. The van der Waals surface area contributed by atoms with Crippen molar-refractivity contribution in [3.8, 4) is 0 Å². The van der Waals surface area contributed by atoms with Crippen LogP contribution in [0.2, 0.25) is 0 Å². The first-order chi connectivity index (χ1) is 8.65. The average molecular weight is 291 g/mol. The summed E-state index contributed by atoms with van der Waals surface area (Å²) >= 11 is 0. The summed E-state index contributed by atoms with van der Waals surface area (Å²) < 4.78 is 26.0. The van der Waals surface area contributed by atoms with E-state index in [1.165, 1.54) is 6.07 Å². The lowest BCUT2D eigenvalue weighted by Crippen LogP contribution is -2.15. The maximum atomic E-state index is 13.3.